The molecule has 1 N–H and O–H groups in total. The van der Waals surface area contributed by atoms with Crippen LogP contribution in [0.2, 0.25) is 0 Å². The van der Waals surface area contributed by atoms with Crippen molar-refractivity contribution in [2.45, 2.75) is 39.3 Å². The van der Waals surface area contributed by atoms with E-state index in [0.717, 1.165) is 11.1 Å². The number of terminal acetylenes is 1. The van der Waals surface area contributed by atoms with Crippen LogP contribution in [0.1, 0.15) is 25.8 Å². The Morgan fingerprint density at radius 1 is 1.50 bits per heavy atom. The summed E-state index contributed by atoms with van der Waals surface area (Å²) in [6, 6.07) is 7.79. The number of aromatic nitrogens is 4. The number of aryl methyl sites for hydroxylation is 1. The van der Waals surface area contributed by atoms with E-state index in [-0.39, 0.29) is 12.5 Å². The van der Waals surface area contributed by atoms with Gasteiger partial charge in [-0.05, 0) is 31.5 Å². The van der Waals surface area contributed by atoms with Gasteiger partial charge in [-0.15, -0.1) is 16.6 Å². The van der Waals surface area contributed by atoms with Crippen LogP contribution in [0.25, 0.3) is 11.4 Å². The van der Waals surface area contributed by atoms with Gasteiger partial charge in [-0.3, -0.25) is 4.79 Å². The molecule has 0 spiro atoms. The summed E-state index contributed by atoms with van der Waals surface area (Å²) >= 11 is 0. The van der Waals surface area contributed by atoms with Crippen molar-refractivity contribution >= 4 is 5.91 Å². The normalized spacial score (nSPS) is 13.2. The first-order valence-electron chi connectivity index (χ1n) is 7.09. The van der Waals surface area contributed by atoms with Crippen LogP contribution >= 0.6 is 0 Å². The van der Waals surface area contributed by atoms with Crippen LogP contribution in [0, 0.1) is 19.3 Å². The van der Waals surface area contributed by atoms with E-state index in [1.54, 1.807) is 6.92 Å². The van der Waals surface area contributed by atoms with Crippen LogP contribution in [0.15, 0.2) is 24.3 Å². The lowest BCUT2D eigenvalue weighted by Gasteiger charge is -2.22. The molecule has 0 aliphatic carbocycles. The van der Waals surface area contributed by atoms with Crippen molar-refractivity contribution in [3.05, 3.63) is 29.8 Å². The van der Waals surface area contributed by atoms with Gasteiger partial charge in [0, 0.05) is 5.56 Å². The lowest BCUT2D eigenvalue weighted by atomic mass is 10.0. The number of amides is 1. The van der Waals surface area contributed by atoms with E-state index < -0.39 is 5.54 Å². The fraction of sp³-hybridized carbons (Fsp3) is 0.375. The molecule has 1 amide bonds. The van der Waals surface area contributed by atoms with Gasteiger partial charge in [-0.2, -0.15) is 4.80 Å². The Labute approximate surface area is 129 Å². The number of carbonyl (C=O) groups is 1. The maximum atomic E-state index is 12.0. The second-order valence-electron chi connectivity index (χ2n) is 5.39. The number of nitrogens with zero attached hydrogens (tertiary/aromatic N) is 4. The monoisotopic (exact) mass is 297 g/mol. The van der Waals surface area contributed by atoms with Crippen LogP contribution in [0.4, 0.5) is 0 Å². The van der Waals surface area contributed by atoms with Crippen LogP contribution < -0.4 is 5.32 Å². The van der Waals surface area contributed by atoms with E-state index in [1.165, 1.54) is 4.80 Å². The summed E-state index contributed by atoms with van der Waals surface area (Å²) in [4.78, 5) is 13.3. The maximum Gasteiger partial charge on any atom is 0.244 e. The first kappa shape index (κ1) is 15.7. The number of tetrazole rings is 1. The predicted octanol–water partition coefficient (Wildman–Crippen LogP) is 1.57. The Balaban J connectivity index is 2.07. The Kier molecular flexibility index (Phi) is 4.56. The Bertz CT molecular complexity index is 715. The number of benzene rings is 1. The molecule has 2 rings (SSSR count). The number of hydrogen-bond donors (Lipinski definition) is 1. The second kappa shape index (κ2) is 6.39. The molecule has 2 aromatic rings. The highest BCUT2D eigenvalue weighted by Gasteiger charge is 2.21. The molecule has 1 heterocycles. The van der Waals surface area contributed by atoms with Gasteiger partial charge in [0.15, 0.2) is 0 Å². The molecule has 0 aliphatic heterocycles. The molecule has 0 aliphatic rings. The number of carbonyl (C=O) groups excluding carboxylic acids is 1. The van der Waals surface area contributed by atoms with Gasteiger partial charge >= 0.3 is 0 Å². The van der Waals surface area contributed by atoms with E-state index in [0.29, 0.717) is 12.2 Å². The summed E-state index contributed by atoms with van der Waals surface area (Å²) in [6.45, 7) is 5.70. The standard InChI is InChI=1S/C16H19N5O/c1-5-16(4,6-2)17-14(22)11-21-19-15(18-20-21)13-9-7-8-12(3)10-13/h1,7-10H,6,11H2,2-4H3,(H,17,22)/t16-/m0/s1. The summed E-state index contributed by atoms with van der Waals surface area (Å²) in [5.41, 5.74) is 1.32. The minimum atomic E-state index is -0.656. The fourth-order valence-corrected chi connectivity index (χ4v) is 1.91. The zero-order valence-electron chi connectivity index (χ0n) is 13.0. The second-order valence-corrected chi connectivity index (χ2v) is 5.39. The van der Waals surface area contributed by atoms with Crippen molar-refractivity contribution in [2.24, 2.45) is 0 Å². The third kappa shape index (κ3) is 3.70. The largest absolute Gasteiger partial charge is 0.338 e. The van der Waals surface area contributed by atoms with Crippen LogP contribution in [-0.2, 0) is 11.3 Å². The third-order valence-electron chi connectivity index (χ3n) is 3.46. The van der Waals surface area contributed by atoms with Crippen LogP contribution in [0.5, 0.6) is 0 Å². The lowest BCUT2D eigenvalue weighted by molar-refractivity contribution is -0.123. The number of nitrogens with one attached hydrogen (secondary N) is 1. The smallest absolute Gasteiger partial charge is 0.244 e. The molecule has 22 heavy (non-hydrogen) atoms. The predicted molar refractivity (Wildman–Crippen MR) is 83.7 cm³/mol. The Morgan fingerprint density at radius 3 is 2.91 bits per heavy atom. The lowest BCUT2D eigenvalue weighted by Crippen LogP contribution is -2.45. The molecule has 0 saturated carbocycles. The first-order valence-corrected chi connectivity index (χ1v) is 7.09. The van der Waals surface area contributed by atoms with Crippen LogP contribution in [0.3, 0.4) is 0 Å². The molecule has 6 nitrogen and oxygen atoms in total. The van der Waals surface area contributed by atoms with Crippen molar-refractivity contribution in [1.29, 1.82) is 0 Å². The average molecular weight is 297 g/mol. The summed E-state index contributed by atoms with van der Waals surface area (Å²) < 4.78 is 0. The van der Waals surface area contributed by atoms with Gasteiger partial charge in [-0.25, -0.2) is 0 Å². The quantitative estimate of drug-likeness (QED) is 0.850. The van der Waals surface area contributed by atoms with E-state index >= 15 is 0 Å². The van der Waals surface area contributed by atoms with Gasteiger partial charge in [-0.1, -0.05) is 36.6 Å². The molecule has 0 bridgehead atoms. The van der Waals surface area contributed by atoms with Crippen molar-refractivity contribution in [3.8, 4) is 23.7 Å². The topological polar surface area (TPSA) is 72.7 Å². The molecular formula is C16H19N5O. The number of hydrogen-bond acceptors (Lipinski definition) is 4. The highest BCUT2D eigenvalue weighted by Crippen LogP contribution is 2.14. The van der Waals surface area contributed by atoms with Gasteiger partial charge < -0.3 is 5.32 Å². The van der Waals surface area contributed by atoms with E-state index in [9.17, 15) is 4.79 Å². The Hall–Kier alpha value is -2.68. The zero-order valence-corrected chi connectivity index (χ0v) is 13.0. The van der Waals surface area contributed by atoms with Gasteiger partial charge in [0.1, 0.15) is 6.54 Å². The van der Waals surface area contributed by atoms with E-state index in [4.69, 9.17) is 6.42 Å². The van der Waals surface area contributed by atoms with E-state index in [1.807, 2.05) is 38.1 Å². The van der Waals surface area contributed by atoms with Gasteiger partial charge in [0.05, 0.1) is 5.54 Å². The first-order chi connectivity index (χ1) is 10.5. The molecular weight excluding hydrogens is 278 g/mol. The van der Waals surface area contributed by atoms with Gasteiger partial charge in [0.25, 0.3) is 0 Å². The molecule has 1 aromatic carbocycles. The Morgan fingerprint density at radius 2 is 2.27 bits per heavy atom. The summed E-state index contributed by atoms with van der Waals surface area (Å²) in [5.74, 6) is 2.84. The molecule has 1 aromatic heterocycles. The molecule has 0 saturated heterocycles. The minimum absolute atomic E-state index is 0.0178. The molecule has 0 unspecified atom stereocenters. The fourth-order valence-electron chi connectivity index (χ4n) is 1.91. The van der Waals surface area contributed by atoms with Crippen molar-refractivity contribution in [1.82, 2.24) is 25.5 Å². The summed E-state index contributed by atoms with van der Waals surface area (Å²) in [5, 5.41) is 14.9. The molecule has 0 radical (unpaired) electrons. The molecule has 6 heteroatoms. The van der Waals surface area contributed by atoms with Crippen LogP contribution in [-0.4, -0.2) is 31.7 Å². The maximum absolute atomic E-state index is 12.0. The average Bonchev–Trinajstić information content (AvgIpc) is 2.95. The third-order valence-corrected chi connectivity index (χ3v) is 3.46. The van der Waals surface area contributed by atoms with E-state index in [2.05, 4.69) is 26.6 Å². The highest BCUT2D eigenvalue weighted by atomic mass is 16.2. The highest BCUT2D eigenvalue weighted by molar-refractivity contribution is 5.77. The summed E-state index contributed by atoms with van der Waals surface area (Å²) in [7, 11) is 0. The van der Waals surface area contributed by atoms with Crippen molar-refractivity contribution in [3.63, 3.8) is 0 Å². The zero-order chi connectivity index (χ0) is 16.2. The molecule has 114 valence electrons. The molecule has 0 fully saturated rings. The van der Waals surface area contributed by atoms with Crippen molar-refractivity contribution in [2.75, 3.05) is 0 Å². The minimum Gasteiger partial charge on any atom is -0.338 e. The van der Waals surface area contributed by atoms with Crippen molar-refractivity contribution < 1.29 is 4.79 Å². The van der Waals surface area contributed by atoms with Gasteiger partial charge in [0.2, 0.25) is 11.7 Å². The SMILES string of the molecule is C#C[C@@](C)(CC)NC(=O)Cn1nnc(-c2cccc(C)c2)n1. The molecule has 1 atom stereocenters. The summed E-state index contributed by atoms with van der Waals surface area (Å²) in [6.07, 6.45) is 6.09. The number of rotatable bonds is 5.